The predicted octanol–water partition coefficient (Wildman–Crippen LogP) is 5.84. The number of aromatic nitrogens is 1. The molecule has 3 rings (SSSR count). The van der Waals surface area contributed by atoms with E-state index in [9.17, 15) is 9.90 Å². The van der Waals surface area contributed by atoms with Gasteiger partial charge in [0.05, 0.1) is 17.0 Å². The molecule has 0 bridgehead atoms. The molecule has 1 heterocycles. The lowest BCUT2D eigenvalue weighted by molar-refractivity contribution is 0.0696. The molecule has 0 fully saturated rings. The molecular formula is C19H13BrClNO2. The molecule has 0 radical (unpaired) electrons. The summed E-state index contributed by atoms with van der Waals surface area (Å²) in [5.41, 5.74) is 3.83. The summed E-state index contributed by atoms with van der Waals surface area (Å²) in [6.45, 7) is 1.77. The molecule has 0 aliphatic rings. The second kappa shape index (κ2) is 6.75. The van der Waals surface area contributed by atoms with Gasteiger partial charge in [-0.15, -0.1) is 0 Å². The van der Waals surface area contributed by atoms with E-state index in [4.69, 9.17) is 16.6 Å². The number of aromatic carboxylic acids is 1. The fraction of sp³-hybridized carbons (Fsp3) is 0.0526. The topological polar surface area (TPSA) is 50.2 Å². The zero-order valence-electron chi connectivity index (χ0n) is 12.8. The van der Waals surface area contributed by atoms with Gasteiger partial charge in [0.1, 0.15) is 0 Å². The van der Waals surface area contributed by atoms with Crippen LogP contribution in [0.3, 0.4) is 0 Å². The fourth-order valence-electron chi connectivity index (χ4n) is 2.49. The summed E-state index contributed by atoms with van der Waals surface area (Å²) in [6, 6.07) is 16.4. The first-order valence-electron chi connectivity index (χ1n) is 7.22. The molecule has 1 aromatic heterocycles. The van der Waals surface area contributed by atoms with Gasteiger partial charge in [-0.1, -0.05) is 51.8 Å². The van der Waals surface area contributed by atoms with Gasteiger partial charge in [-0.2, -0.15) is 0 Å². The molecule has 120 valence electrons. The van der Waals surface area contributed by atoms with Gasteiger partial charge in [-0.3, -0.25) is 0 Å². The van der Waals surface area contributed by atoms with Crippen molar-refractivity contribution in [1.82, 2.24) is 4.98 Å². The summed E-state index contributed by atoms with van der Waals surface area (Å²) >= 11 is 9.34. The van der Waals surface area contributed by atoms with Gasteiger partial charge in [0.15, 0.2) is 0 Å². The van der Waals surface area contributed by atoms with Crippen LogP contribution in [0, 0.1) is 6.92 Å². The zero-order chi connectivity index (χ0) is 17.3. The highest BCUT2D eigenvalue weighted by Gasteiger charge is 2.16. The van der Waals surface area contributed by atoms with Gasteiger partial charge in [0.2, 0.25) is 0 Å². The Kier molecular flexibility index (Phi) is 4.69. The average molecular weight is 403 g/mol. The molecular weight excluding hydrogens is 390 g/mol. The summed E-state index contributed by atoms with van der Waals surface area (Å²) in [7, 11) is 0. The Morgan fingerprint density at radius 1 is 1.04 bits per heavy atom. The quantitative estimate of drug-likeness (QED) is 0.599. The highest BCUT2D eigenvalue weighted by atomic mass is 79.9. The second-order valence-electron chi connectivity index (χ2n) is 5.35. The van der Waals surface area contributed by atoms with Gasteiger partial charge in [-0.25, -0.2) is 9.78 Å². The molecule has 3 nitrogen and oxygen atoms in total. The van der Waals surface area contributed by atoms with E-state index in [-0.39, 0.29) is 5.56 Å². The van der Waals surface area contributed by atoms with Gasteiger partial charge in [-0.05, 0) is 42.8 Å². The summed E-state index contributed by atoms with van der Waals surface area (Å²) in [5, 5.41) is 10.2. The standard InChI is InChI=1S/C19H13BrClNO2/c1-11-16(19(23)24)10-17(12-2-6-14(20)7-3-12)22-18(11)13-4-8-15(21)9-5-13/h2-10H,1H3,(H,23,24). The van der Waals surface area contributed by atoms with Crippen LogP contribution in [0.4, 0.5) is 0 Å². The first-order chi connectivity index (χ1) is 11.5. The number of benzene rings is 2. The summed E-state index contributed by atoms with van der Waals surface area (Å²) in [5.74, 6) is -0.969. The van der Waals surface area contributed by atoms with Gasteiger partial charge < -0.3 is 5.11 Å². The SMILES string of the molecule is Cc1c(C(=O)O)cc(-c2ccc(Br)cc2)nc1-c1ccc(Cl)cc1. The molecule has 0 aliphatic carbocycles. The first-order valence-corrected chi connectivity index (χ1v) is 8.39. The molecule has 0 amide bonds. The molecule has 5 heteroatoms. The number of rotatable bonds is 3. The van der Waals surface area contributed by atoms with Crippen LogP contribution in [0.5, 0.6) is 0 Å². The third-order valence-electron chi connectivity index (χ3n) is 3.76. The molecule has 3 aromatic rings. The van der Waals surface area contributed by atoms with Crippen molar-refractivity contribution in [2.45, 2.75) is 6.92 Å². The lowest BCUT2D eigenvalue weighted by Gasteiger charge is -2.12. The van der Waals surface area contributed by atoms with Crippen molar-refractivity contribution in [3.05, 3.63) is 75.2 Å². The Bertz CT molecular complexity index is 906. The lowest BCUT2D eigenvalue weighted by Crippen LogP contribution is -2.04. The van der Waals surface area contributed by atoms with E-state index in [1.165, 1.54) is 0 Å². The van der Waals surface area contributed by atoms with Crippen LogP contribution in [0.25, 0.3) is 22.5 Å². The van der Waals surface area contributed by atoms with Crippen LogP contribution in [0.2, 0.25) is 5.02 Å². The van der Waals surface area contributed by atoms with Crippen LogP contribution in [-0.2, 0) is 0 Å². The van der Waals surface area contributed by atoms with E-state index >= 15 is 0 Å². The Balaban J connectivity index is 2.22. The van der Waals surface area contributed by atoms with Crippen molar-refractivity contribution in [2.24, 2.45) is 0 Å². The molecule has 2 aromatic carbocycles. The van der Waals surface area contributed by atoms with E-state index in [0.717, 1.165) is 15.6 Å². The van der Waals surface area contributed by atoms with Crippen LogP contribution >= 0.6 is 27.5 Å². The third kappa shape index (κ3) is 3.35. The van der Waals surface area contributed by atoms with Crippen molar-refractivity contribution in [2.75, 3.05) is 0 Å². The molecule has 0 saturated carbocycles. The van der Waals surface area contributed by atoms with Crippen LogP contribution in [0.15, 0.2) is 59.1 Å². The molecule has 0 spiro atoms. The summed E-state index contributed by atoms with van der Waals surface area (Å²) in [6.07, 6.45) is 0. The van der Waals surface area contributed by atoms with Gasteiger partial charge in [0, 0.05) is 20.6 Å². The lowest BCUT2D eigenvalue weighted by atomic mass is 9.99. The predicted molar refractivity (Wildman–Crippen MR) is 99.5 cm³/mol. The highest BCUT2D eigenvalue weighted by Crippen LogP contribution is 2.30. The maximum absolute atomic E-state index is 11.6. The second-order valence-corrected chi connectivity index (χ2v) is 6.70. The molecule has 0 aliphatic heterocycles. The first kappa shape index (κ1) is 16.7. The number of carboxylic acids is 1. The number of halogens is 2. The summed E-state index contributed by atoms with van der Waals surface area (Å²) < 4.78 is 0.953. The fourth-order valence-corrected chi connectivity index (χ4v) is 2.88. The minimum Gasteiger partial charge on any atom is -0.478 e. The highest BCUT2D eigenvalue weighted by molar-refractivity contribution is 9.10. The minimum atomic E-state index is -0.969. The Morgan fingerprint density at radius 3 is 2.21 bits per heavy atom. The van der Waals surface area contributed by atoms with E-state index < -0.39 is 5.97 Å². The average Bonchev–Trinajstić information content (AvgIpc) is 2.56. The normalized spacial score (nSPS) is 10.6. The largest absolute Gasteiger partial charge is 0.478 e. The van der Waals surface area contributed by atoms with E-state index in [1.807, 2.05) is 36.4 Å². The van der Waals surface area contributed by atoms with Crippen molar-refractivity contribution in [3.63, 3.8) is 0 Å². The molecule has 0 atom stereocenters. The van der Waals surface area contributed by atoms with E-state index in [0.29, 0.717) is 22.0 Å². The van der Waals surface area contributed by atoms with E-state index in [2.05, 4.69) is 15.9 Å². The smallest absolute Gasteiger partial charge is 0.336 e. The Morgan fingerprint density at radius 2 is 1.62 bits per heavy atom. The van der Waals surface area contributed by atoms with Crippen LogP contribution in [0.1, 0.15) is 15.9 Å². The number of hydrogen-bond acceptors (Lipinski definition) is 2. The van der Waals surface area contributed by atoms with Crippen molar-refractivity contribution >= 4 is 33.5 Å². The molecule has 0 unspecified atom stereocenters. The summed E-state index contributed by atoms with van der Waals surface area (Å²) in [4.78, 5) is 16.3. The maximum Gasteiger partial charge on any atom is 0.336 e. The van der Waals surface area contributed by atoms with Gasteiger partial charge in [0.25, 0.3) is 0 Å². The van der Waals surface area contributed by atoms with Crippen molar-refractivity contribution in [1.29, 1.82) is 0 Å². The molecule has 0 saturated heterocycles. The number of carbonyl (C=O) groups is 1. The maximum atomic E-state index is 11.6. The number of hydrogen-bond donors (Lipinski definition) is 1. The van der Waals surface area contributed by atoms with Crippen molar-refractivity contribution < 1.29 is 9.90 Å². The monoisotopic (exact) mass is 401 g/mol. The van der Waals surface area contributed by atoms with Crippen LogP contribution < -0.4 is 0 Å². The number of nitrogens with zero attached hydrogens (tertiary/aromatic N) is 1. The zero-order valence-corrected chi connectivity index (χ0v) is 15.1. The Labute approximate surface area is 153 Å². The number of pyridine rings is 1. The molecule has 1 N–H and O–H groups in total. The van der Waals surface area contributed by atoms with Crippen LogP contribution in [-0.4, -0.2) is 16.1 Å². The minimum absolute atomic E-state index is 0.243. The van der Waals surface area contributed by atoms with E-state index in [1.54, 1.807) is 25.1 Å². The number of carboxylic acid groups (broad SMARTS) is 1. The Hall–Kier alpha value is -2.17. The van der Waals surface area contributed by atoms with Crippen molar-refractivity contribution in [3.8, 4) is 22.5 Å². The molecule has 24 heavy (non-hydrogen) atoms. The third-order valence-corrected chi connectivity index (χ3v) is 4.54. The van der Waals surface area contributed by atoms with Gasteiger partial charge >= 0.3 is 5.97 Å².